The average Bonchev–Trinajstić information content (AvgIpc) is 2.39. The summed E-state index contributed by atoms with van der Waals surface area (Å²) in [5.74, 6) is 1.28. The molecule has 2 rings (SSSR count). The monoisotopic (exact) mass is 283 g/mol. The molecule has 1 fully saturated rings. The zero-order chi connectivity index (χ0) is 13.7. The molecule has 1 unspecified atom stereocenters. The largest absolute Gasteiger partial charge is 0.354 e. The highest BCUT2D eigenvalue weighted by molar-refractivity contribution is 6.28. The van der Waals surface area contributed by atoms with E-state index in [-0.39, 0.29) is 5.28 Å². The second-order valence-electron chi connectivity index (χ2n) is 4.89. The van der Waals surface area contributed by atoms with Gasteiger partial charge in [0.15, 0.2) is 0 Å². The van der Waals surface area contributed by atoms with Gasteiger partial charge in [0.05, 0.1) is 0 Å². The Labute approximate surface area is 119 Å². The van der Waals surface area contributed by atoms with Crippen molar-refractivity contribution in [1.82, 2.24) is 15.0 Å². The van der Waals surface area contributed by atoms with Gasteiger partial charge in [0.2, 0.25) is 17.2 Å². The third-order valence-electron chi connectivity index (χ3n) is 3.44. The lowest BCUT2D eigenvalue weighted by atomic mass is 9.99. The van der Waals surface area contributed by atoms with E-state index in [2.05, 4.69) is 32.1 Å². The van der Waals surface area contributed by atoms with Crippen molar-refractivity contribution in [3.63, 3.8) is 0 Å². The minimum absolute atomic E-state index is 0.266. The molecule has 0 bridgehead atoms. The van der Waals surface area contributed by atoms with Gasteiger partial charge in [-0.2, -0.15) is 15.0 Å². The lowest BCUT2D eigenvalue weighted by Gasteiger charge is -2.35. The molecule has 19 heavy (non-hydrogen) atoms. The van der Waals surface area contributed by atoms with E-state index in [0.29, 0.717) is 17.9 Å². The first kappa shape index (κ1) is 14.3. The lowest BCUT2D eigenvalue weighted by molar-refractivity contribution is 0.428. The Hall–Kier alpha value is -1.10. The van der Waals surface area contributed by atoms with Crippen LogP contribution < -0.4 is 10.2 Å². The maximum atomic E-state index is 6.00. The van der Waals surface area contributed by atoms with Crippen molar-refractivity contribution in [2.75, 3.05) is 23.3 Å². The van der Waals surface area contributed by atoms with Crippen LogP contribution in [0.3, 0.4) is 0 Å². The molecule has 0 aromatic carbocycles. The van der Waals surface area contributed by atoms with E-state index in [1.165, 1.54) is 32.1 Å². The zero-order valence-corrected chi connectivity index (χ0v) is 12.4. The number of aromatic nitrogens is 3. The fourth-order valence-corrected chi connectivity index (χ4v) is 2.76. The number of rotatable bonds is 5. The van der Waals surface area contributed by atoms with E-state index >= 15 is 0 Å². The van der Waals surface area contributed by atoms with Crippen LogP contribution >= 0.6 is 11.6 Å². The molecule has 0 saturated carbocycles. The van der Waals surface area contributed by atoms with Gasteiger partial charge >= 0.3 is 0 Å². The van der Waals surface area contributed by atoms with Crippen LogP contribution in [-0.2, 0) is 0 Å². The van der Waals surface area contributed by atoms with E-state index in [1.807, 2.05) is 6.92 Å². The van der Waals surface area contributed by atoms with E-state index in [0.717, 1.165) is 13.1 Å². The van der Waals surface area contributed by atoms with Gasteiger partial charge in [-0.1, -0.05) is 13.3 Å². The Balaban J connectivity index is 2.22. The molecule has 1 N–H and O–H groups in total. The maximum absolute atomic E-state index is 6.00. The maximum Gasteiger partial charge on any atom is 0.231 e. The Morgan fingerprint density at radius 3 is 2.84 bits per heavy atom. The number of piperidine rings is 1. The summed E-state index contributed by atoms with van der Waals surface area (Å²) in [6, 6.07) is 0.534. The van der Waals surface area contributed by atoms with Crippen LogP contribution in [0.25, 0.3) is 0 Å². The molecule has 0 aliphatic carbocycles. The summed E-state index contributed by atoms with van der Waals surface area (Å²) in [6.45, 7) is 6.02. The predicted octanol–water partition coefficient (Wildman–Crippen LogP) is 3.12. The molecule has 1 aromatic rings. The first-order valence-electron chi connectivity index (χ1n) is 7.16. The van der Waals surface area contributed by atoms with Crippen molar-refractivity contribution in [3.8, 4) is 0 Å². The molecule has 1 aliphatic heterocycles. The number of hydrogen-bond donors (Lipinski definition) is 1. The fraction of sp³-hybridized carbons (Fsp3) is 0.769. The topological polar surface area (TPSA) is 53.9 Å². The molecule has 0 spiro atoms. The summed E-state index contributed by atoms with van der Waals surface area (Å²) in [4.78, 5) is 15.2. The zero-order valence-electron chi connectivity index (χ0n) is 11.7. The van der Waals surface area contributed by atoms with Crippen molar-refractivity contribution < 1.29 is 0 Å². The quantitative estimate of drug-likeness (QED) is 0.900. The predicted molar refractivity (Wildman–Crippen MR) is 78.9 cm³/mol. The standard InChI is InChI=1S/C13H22ClN5/c1-3-7-10-8-5-6-9-19(10)13-17-11(14)16-12(18-13)15-4-2/h10H,3-9H2,1-2H3,(H,15,16,17,18). The number of hydrogen-bond acceptors (Lipinski definition) is 5. The molecule has 0 radical (unpaired) electrons. The minimum atomic E-state index is 0.266. The Morgan fingerprint density at radius 2 is 2.11 bits per heavy atom. The van der Waals surface area contributed by atoms with Crippen LogP contribution in [-0.4, -0.2) is 34.1 Å². The summed E-state index contributed by atoms with van der Waals surface area (Å²) < 4.78 is 0. The van der Waals surface area contributed by atoms with Gasteiger partial charge in [0.25, 0.3) is 0 Å². The fourth-order valence-electron chi connectivity index (χ4n) is 2.60. The minimum Gasteiger partial charge on any atom is -0.354 e. The van der Waals surface area contributed by atoms with Crippen molar-refractivity contribution in [3.05, 3.63) is 5.28 Å². The second kappa shape index (κ2) is 6.89. The van der Waals surface area contributed by atoms with Crippen molar-refractivity contribution >= 4 is 23.5 Å². The Morgan fingerprint density at radius 1 is 1.26 bits per heavy atom. The molecule has 6 heteroatoms. The molecule has 1 atom stereocenters. The van der Waals surface area contributed by atoms with Crippen LogP contribution in [0.2, 0.25) is 5.28 Å². The lowest BCUT2D eigenvalue weighted by Crippen LogP contribution is -2.40. The van der Waals surface area contributed by atoms with Gasteiger partial charge in [0.1, 0.15) is 0 Å². The van der Waals surface area contributed by atoms with Gasteiger partial charge in [-0.05, 0) is 44.2 Å². The van der Waals surface area contributed by atoms with E-state index < -0.39 is 0 Å². The third kappa shape index (κ3) is 3.69. The Bertz CT molecular complexity index is 410. The first-order chi connectivity index (χ1) is 9.24. The highest BCUT2D eigenvalue weighted by atomic mass is 35.5. The van der Waals surface area contributed by atoms with Crippen LogP contribution in [0, 0.1) is 0 Å². The van der Waals surface area contributed by atoms with Crippen molar-refractivity contribution in [2.45, 2.75) is 52.0 Å². The molecule has 2 heterocycles. The summed E-state index contributed by atoms with van der Waals surface area (Å²) in [5.41, 5.74) is 0. The van der Waals surface area contributed by atoms with Crippen LogP contribution in [0.4, 0.5) is 11.9 Å². The smallest absolute Gasteiger partial charge is 0.231 e. The first-order valence-corrected chi connectivity index (χ1v) is 7.54. The number of nitrogens with one attached hydrogen (secondary N) is 1. The molecular weight excluding hydrogens is 262 g/mol. The molecule has 1 aliphatic rings. The second-order valence-corrected chi connectivity index (χ2v) is 5.23. The van der Waals surface area contributed by atoms with Gasteiger partial charge in [-0.25, -0.2) is 0 Å². The SMILES string of the molecule is CCCC1CCCCN1c1nc(Cl)nc(NCC)n1. The number of nitrogens with zero attached hydrogens (tertiary/aromatic N) is 4. The molecule has 5 nitrogen and oxygen atoms in total. The van der Waals surface area contributed by atoms with Crippen LogP contribution in [0.1, 0.15) is 46.0 Å². The number of halogens is 1. The average molecular weight is 284 g/mol. The normalized spacial score (nSPS) is 19.5. The van der Waals surface area contributed by atoms with E-state index in [4.69, 9.17) is 11.6 Å². The Kier molecular flexibility index (Phi) is 5.19. The summed E-state index contributed by atoms with van der Waals surface area (Å²) in [7, 11) is 0. The molecule has 106 valence electrons. The van der Waals surface area contributed by atoms with Crippen LogP contribution in [0.5, 0.6) is 0 Å². The summed E-state index contributed by atoms with van der Waals surface area (Å²) in [5, 5.41) is 3.37. The third-order valence-corrected chi connectivity index (χ3v) is 3.61. The van der Waals surface area contributed by atoms with Gasteiger partial charge in [-0.3, -0.25) is 0 Å². The molecule has 1 saturated heterocycles. The highest BCUT2D eigenvalue weighted by Gasteiger charge is 2.24. The van der Waals surface area contributed by atoms with E-state index in [9.17, 15) is 0 Å². The van der Waals surface area contributed by atoms with Gasteiger partial charge in [0, 0.05) is 19.1 Å². The number of anilines is 2. The summed E-state index contributed by atoms with van der Waals surface area (Å²) >= 11 is 6.00. The summed E-state index contributed by atoms with van der Waals surface area (Å²) in [6.07, 6.45) is 6.06. The van der Waals surface area contributed by atoms with Crippen molar-refractivity contribution in [2.24, 2.45) is 0 Å². The van der Waals surface area contributed by atoms with Crippen LogP contribution in [0.15, 0.2) is 0 Å². The van der Waals surface area contributed by atoms with Crippen molar-refractivity contribution in [1.29, 1.82) is 0 Å². The molecular formula is C13H22ClN5. The van der Waals surface area contributed by atoms with Gasteiger partial charge < -0.3 is 10.2 Å². The van der Waals surface area contributed by atoms with E-state index in [1.54, 1.807) is 0 Å². The van der Waals surface area contributed by atoms with Gasteiger partial charge in [-0.15, -0.1) is 0 Å². The highest BCUT2D eigenvalue weighted by Crippen LogP contribution is 2.25. The molecule has 0 amide bonds. The molecule has 1 aromatic heterocycles.